The maximum atomic E-state index is 12.0. The Bertz CT molecular complexity index is 479. The van der Waals surface area contributed by atoms with Crippen LogP contribution in [0.15, 0.2) is 24.4 Å². The van der Waals surface area contributed by atoms with Gasteiger partial charge in [-0.1, -0.05) is 6.07 Å². The Morgan fingerprint density at radius 2 is 2.00 bits per heavy atom. The Kier molecular flexibility index (Phi) is 3.19. The molecule has 100 valence electrons. The smallest absolute Gasteiger partial charge is 0.318 e. The summed E-state index contributed by atoms with van der Waals surface area (Å²) in [5, 5.41) is 2.97. The fourth-order valence-electron chi connectivity index (χ4n) is 2.86. The van der Waals surface area contributed by atoms with Crippen molar-refractivity contribution in [2.24, 2.45) is 0 Å². The number of Topliss-reactive ketones (excluding diaryl/α,β-unsaturated/α-hetero) is 1. The Balaban J connectivity index is 1.69. The lowest BCUT2D eigenvalue weighted by Crippen LogP contribution is -2.40. The van der Waals surface area contributed by atoms with E-state index in [0.717, 1.165) is 18.5 Å². The van der Waals surface area contributed by atoms with Crippen LogP contribution < -0.4 is 5.32 Å². The molecular weight excluding hydrogens is 242 g/mol. The van der Waals surface area contributed by atoms with E-state index in [1.807, 2.05) is 23.1 Å². The second-order valence-electron chi connectivity index (χ2n) is 5.18. The molecule has 0 aromatic carbocycles. The number of nitrogens with zero attached hydrogens (tertiary/aromatic N) is 2. The van der Waals surface area contributed by atoms with Crippen LogP contribution in [0.2, 0.25) is 0 Å². The molecule has 0 radical (unpaired) electrons. The van der Waals surface area contributed by atoms with Crippen LogP contribution in [0.4, 0.5) is 4.79 Å². The standard InChI is InChI=1S/C14H17N3O2/c18-11-6-4-10(5-7-11)17-9-13(16-14(17)19)12-3-1-2-8-15-12/h1-3,8,10,13H,4-7,9H2,(H,16,19). The largest absolute Gasteiger partial charge is 0.328 e. The van der Waals surface area contributed by atoms with E-state index in [2.05, 4.69) is 10.3 Å². The van der Waals surface area contributed by atoms with E-state index < -0.39 is 0 Å². The summed E-state index contributed by atoms with van der Waals surface area (Å²) in [6.07, 6.45) is 4.53. The normalized spacial score (nSPS) is 24.6. The third-order valence-electron chi connectivity index (χ3n) is 3.94. The van der Waals surface area contributed by atoms with Crippen LogP contribution in [0, 0.1) is 0 Å². The number of carbonyl (C=O) groups is 2. The molecule has 1 aromatic heterocycles. The van der Waals surface area contributed by atoms with Gasteiger partial charge in [-0.05, 0) is 25.0 Å². The highest BCUT2D eigenvalue weighted by Crippen LogP contribution is 2.26. The summed E-state index contributed by atoms with van der Waals surface area (Å²) < 4.78 is 0. The first-order chi connectivity index (χ1) is 9.24. The number of urea groups is 1. The first-order valence-electron chi connectivity index (χ1n) is 6.74. The minimum atomic E-state index is -0.0358. The monoisotopic (exact) mass is 259 g/mol. The van der Waals surface area contributed by atoms with Gasteiger partial charge in [-0.25, -0.2) is 4.79 Å². The van der Waals surface area contributed by atoms with Crippen molar-refractivity contribution in [1.29, 1.82) is 0 Å². The molecule has 3 rings (SSSR count). The van der Waals surface area contributed by atoms with Gasteiger partial charge in [-0.2, -0.15) is 0 Å². The number of pyridine rings is 1. The van der Waals surface area contributed by atoms with Crippen LogP contribution in [0.5, 0.6) is 0 Å². The first kappa shape index (κ1) is 12.1. The van der Waals surface area contributed by atoms with Gasteiger partial charge in [-0.3, -0.25) is 9.78 Å². The molecule has 1 N–H and O–H groups in total. The predicted molar refractivity (Wildman–Crippen MR) is 69.5 cm³/mol. The Morgan fingerprint density at radius 1 is 1.21 bits per heavy atom. The highest BCUT2D eigenvalue weighted by Gasteiger charge is 2.36. The molecule has 1 aliphatic carbocycles. The van der Waals surface area contributed by atoms with Crippen molar-refractivity contribution in [3.8, 4) is 0 Å². The molecule has 1 atom stereocenters. The van der Waals surface area contributed by atoms with Gasteiger partial charge in [0.2, 0.25) is 0 Å². The van der Waals surface area contributed by atoms with Gasteiger partial charge in [0.1, 0.15) is 5.78 Å². The average molecular weight is 259 g/mol. The minimum absolute atomic E-state index is 0.0324. The highest BCUT2D eigenvalue weighted by atomic mass is 16.2. The zero-order chi connectivity index (χ0) is 13.2. The molecule has 2 fully saturated rings. The van der Waals surface area contributed by atoms with Crippen LogP contribution in [0.25, 0.3) is 0 Å². The molecule has 0 spiro atoms. The molecule has 1 unspecified atom stereocenters. The van der Waals surface area contributed by atoms with Crippen molar-refractivity contribution < 1.29 is 9.59 Å². The van der Waals surface area contributed by atoms with E-state index in [-0.39, 0.29) is 18.1 Å². The quantitative estimate of drug-likeness (QED) is 0.878. The zero-order valence-electron chi connectivity index (χ0n) is 10.7. The first-order valence-corrected chi connectivity index (χ1v) is 6.74. The summed E-state index contributed by atoms with van der Waals surface area (Å²) in [5.41, 5.74) is 0.894. The summed E-state index contributed by atoms with van der Waals surface area (Å²) in [6, 6.07) is 5.85. The van der Waals surface area contributed by atoms with Crippen molar-refractivity contribution >= 4 is 11.8 Å². The number of hydrogen-bond acceptors (Lipinski definition) is 3. The minimum Gasteiger partial charge on any atom is -0.328 e. The number of rotatable bonds is 2. The molecular formula is C14H17N3O2. The molecule has 1 saturated carbocycles. The lowest BCUT2D eigenvalue weighted by Gasteiger charge is -2.29. The molecule has 19 heavy (non-hydrogen) atoms. The van der Waals surface area contributed by atoms with E-state index in [9.17, 15) is 9.59 Å². The molecule has 5 nitrogen and oxygen atoms in total. The van der Waals surface area contributed by atoms with E-state index >= 15 is 0 Å². The van der Waals surface area contributed by atoms with Crippen LogP contribution in [-0.4, -0.2) is 34.3 Å². The maximum Gasteiger partial charge on any atom is 0.318 e. The van der Waals surface area contributed by atoms with Crippen molar-refractivity contribution in [3.05, 3.63) is 30.1 Å². The summed E-state index contributed by atoms with van der Waals surface area (Å²) in [7, 11) is 0. The van der Waals surface area contributed by atoms with E-state index in [1.54, 1.807) is 6.20 Å². The number of aromatic nitrogens is 1. The molecule has 2 aliphatic rings. The average Bonchev–Trinajstić information content (AvgIpc) is 2.83. The summed E-state index contributed by atoms with van der Waals surface area (Å²) in [6.45, 7) is 0.648. The van der Waals surface area contributed by atoms with Gasteiger partial charge >= 0.3 is 6.03 Å². The summed E-state index contributed by atoms with van der Waals surface area (Å²) in [5.74, 6) is 0.317. The lowest BCUT2D eigenvalue weighted by atomic mass is 9.93. The summed E-state index contributed by atoms with van der Waals surface area (Å²) in [4.78, 5) is 29.5. The highest BCUT2D eigenvalue weighted by molar-refractivity contribution is 5.80. The molecule has 1 aliphatic heterocycles. The predicted octanol–water partition coefficient (Wildman–Crippen LogP) is 1.66. The number of ketones is 1. The van der Waals surface area contributed by atoms with Crippen molar-refractivity contribution in [2.45, 2.75) is 37.8 Å². The maximum absolute atomic E-state index is 12.0. The Labute approximate surface area is 112 Å². The van der Waals surface area contributed by atoms with Gasteiger partial charge < -0.3 is 10.2 Å². The molecule has 1 saturated heterocycles. The van der Waals surface area contributed by atoms with Gasteiger partial charge in [-0.15, -0.1) is 0 Å². The second kappa shape index (κ2) is 4.99. The number of hydrogen-bond donors (Lipinski definition) is 1. The van der Waals surface area contributed by atoms with Gasteiger partial charge in [0.25, 0.3) is 0 Å². The third kappa shape index (κ3) is 2.45. The molecule has 5 heteroatoms. The van der Waals surface area contributed by atoms with Crippen molar-refractivity contribution in [1.82, 2.24) is 15.2 Å². The van der Waals surface area contributed by atoms with Crippen LogP contribution >= 0.6 is 0 Å². The Hall–Kier alpha value is -1.91. The second-order valence-corrected chi connectivity index (χ2v) is 5.18. The molecule has 1 aromatic rings. The van der Waals surface area contributed by atoms with Crippen molar-refractivity contribution in [2.75, 3.05) is 6.54 Å². The zero-order valence-corrected chi connectivity index (χ0v) is 10.7. The number of amides is 2. The Morgan fingerprint density at radius 3 is 2.68 bits per heavy atom. The topological polar surface area (TPSA) is 62.3 Å². The van der Waals surface area contributed by atoms with E-state index in [4.69, 9.17) is 0 Å². The third-order valence-corrected chi connectivity index (χ3v) is 3.94. The fourth-order valence-corrected chi connectivity index (χ4v) is 2.86. The SMILES string of the molecule is O=C1CCC(N2CC(c3ccccn3)NC2=O)CC1. The van der Waals surface area contributed by atoms with Crippen LogP contribution in [0.3, 0.4) is 0 Å². The number of carbonyl (C=O) groups excluding carboxylic acids is 2. The van der Waals surface area contributed by atoms with E-state index in [1.165, 1.54) is 0 Å². The summed E-state index contributed by atoms with van der Waals surface area (Å²) >= 11 is 0. The van der Waals surface area contributed by atoms with E-state index in [0.29, 0.717) is 25.2 Å². The number of nitrogens with one attached hydrogen (secondary N) is 1. The molecule has 2 heterocycles. The van der Waals surface area contributed by atoms with Gasteiger partial charge in [0.05, 0.1) is 11.7 Å². The molecule has 0 bridgehead atoms. The van der Waals surface area contributed by atoms with Crippen LogP contribution in [0.1, 0.15) is 37.4 Å². The van der Waals surface area contributed by atoms with Crippen LogP contribution in [-0.2, 0) is 4.79 Å². The van der Waals surface area contributed by atoms with Crippen molar-refractivity contribution in [3.63, 3.8) is 0 Å². The van der Waals surface area contributed by atoms with Gasteiger partial charge in [0, 0.05) is 31.6 Å². The lowest BCUT2D eigenvalue weighted by molar-refractivity contribution is -0.121. The molecule has 2 amide bonds. The van der Waals surface area contributed by atoms with Gasteiger partial charge in [0.15, 0.2) is 0 Å². The fraction of sp³-hybridized carbons (Fsp3) is 0.500.